The highest BCUT2D eigenvalue weighted by molar-refractivity contribution is 6.19. The quantitative estimate of drug-likeness (QED) is 0.843. The molecule has 0 bridgehead atoms. The fourth-order valence-corrected chi connectivity index (χ4v) is 2.84. The molecule has 8 heteroatoms. The molecule has 0 spiro atoms. The van der Waals surface area contributed by atoms with E-state index in [0.717, 1.165) is 6.07 Å². The van der Waals surface area contributed by atoms with Crippen molar-refractivity contribution in [2.45, 2.75) is 19.0 Å². The number of carbonyl (C=O) groups excluding carboxylic acids is 2. The number of carbonyl (C=O) groups is 3. The summed E-state index contributed by atoms with van der Waals surface area (Å²) < 4.78 is 34.1. The zero-order chi connectivity index (χ0) is 19.1. The smallest absolute Gasteiger partial charge is 0.418 e. The molecule has 0 aliphatic carbocycles. The third-order valence-electron chi connectivity index (χ3n) is 4.02. The Morgan fingerprint density at radius 1 is 1.12 bits per heavy atom. The van der Waals surface area contributed by atoms with Gasteiger partial charge in [-0.25, -0.2) is 14.5 Å². The van der Waals surface area contributed by atoms with Crippen molar-refractivity contribution < 1.29 is 33.0 Å². The van der Waals surface area contributed by atoms with Gasteiger partial charge in [0.2, 0.25) is 0 Å². The van der Waals surface area contributed by atoms with Crippen LogP contribution in [0.1, 0.15) is 34.5 Å². The third-order valence-corrected chi connectivity index (χ3v) is 4.02. The molecule has 0 unspecified atom stereocenters. The van der Waals surface area contributed by atoms with Crippen LogP contribution < -0.4 is 4.90 Å². The molecule has 1 aliphatic rings. The Morgan fingerprint density at radius 2 is 1.77 bits per heavy atom. The van der Waals surface area contributed by atoms with E-state index in [2.05, 4.69) is 0 Å². The van der Waals surface area contributed by atoms with E-state index in [-0.39, 0.29) is 16.0 Å². The van der Waals surface area contributed by atoms with Crippen molar-refractivity contribution in [3.05, 3.63) is 65.2 Å². The molecule has 2 amide bonds. The minimum absolute atomic E-state index is 0.00453. The van der Waals surface area contributed by atoms with Gasteiger partial charge in [0.05, 0.1) is 16.8 Å². The Balaban J connectivity index is 1.99. The zero-order valence-corrected chi connectivity index (χ0v) is 13.5. The standard InChI is InChI=1S/C18H13F2NO5/c1-10(26-15(22)11-6-3-2-4-7-11)12-8-5-9-13-14(12)18(19,20)16(23)21(13)17(24)25/h2-10H,1H3,(H,24,25)/t10-/m0/s1. The lowest BCUT2D eigenvalue weighted by atomic mass is 9.98. The van der Waals surface area contributed by atoms with Crippen molar-refractivity contribution in [3.8, 4) is 0 Å². The van der Waals surface area contributed by atoms with Crippen LogP contribution in [0.5, 0.6) is 0 Å². The Morgan fingerprint density at radius 3 is 2.38 bits per heavy atom. The molecule has 1 aliphatic heterocycles. The van der Waals surface area contributed by atoms with Crippen molar-refractivity contribution in [1.82, 2.24) is 0 Å². The lowest BCUT2D eigenvalue weighted by molar-refractivity contribution is -0.141. The largest absolute Gasteiger partial charge is 0.464 e. The Labute approximate surface area is 146 Å². The van der Waals surface area contributed by atoms with Gasteiger partial charge in [0.25, 0.3) is 0 Å². The molecule has 0 aromatic heterocycles. The number of esters is 1. The number of ether oxygens (including phenoxy) is 1. The topological polar surface area (TPSA) is 83.9 Å². The van der Waals surface area contributed by atoms with Crippen LogP contribution in [0.2, 0.25) is 0 Å². The molecule has 2 aromatic rings. The van der Waals surface area contributed by atoms with Crippen LogP contribution in [-0.2, 0) is 15.5 Å². The van der Waals surface area contributed by atoms with Crippen LogP contribution in [0, 0.1) is 0 Å². The molecule has 0 saturated heterocycles. The van der Waals surface area contributed by atoms with E-state index in [9.17, 15) is 23.2 Å². The number of anilines is 1. The van der Waals surface area contributed by atoms with Gasteiger partial charge >= 0.3 is 23.9 Å². The summed E-state index contributed by atoms with van der Waals surface area (Å²) in [5.41, 5.74) is -1.09. The van der Waals surface area contributed by atoms with E-state index in [1.54, 1.807) is 18.2 Å². The fraction of sp³-hybridized carbons (Fsp3) is 0.167. The van der Waals surface area contributed by atoms with E-state index < -0.39 is 41.2 Å². The maximum absolute atomic E-state index is 14.4. The lowest BCUT2D eigenvalue weighted by Gasteiger charge is -2.18. The molecule has 6 nitrogen and oxygen atoms in total. The number of imide groups is 1. The molecular weight excluding hydrogens is 348 g/mol. The number of rotatable bonds is 3. The van der Waals surface area contributed by atoms with E-state index in [4.69, 9.17) is 9.84 Å². The molecule has 1 N–H and O–H groups in total. The molecular formula is C18H13F2NO5. The highest BCUT2D eigenvalue weighted by Gasteiger charge is 2.57. The average molecular weight is 361 g/mol. The van der Waals surface area contributed by atoms with Gasteiger partial charge in [-0.05, 0) is 25.1 Å². The highest BCUT2D eigenvalue weighted by atomic mass is 19.3. The van der Waals surface area contributed by atoms with Gasteiger partial charge in [0, 0.05) is 5.56 Å². The van der Waals surface area contributed by atoms with Crippen molar-refractivity contribution in [3.63, 3.8) is 0 Å². The van der Waals surface area contributed by atoms with E-state index >= 15 is 0 Å². The summed E-state index contributed by atoms with van der Waals surface area (Å²) >= 11 is 0. The number of nitrogens with zero attached hydrogens (tertiary/aromatic N) is 1. The van der Waals surface area contributed by atoms with Crippen LogP contribution >= 0.6 is 0 Å². The van der Waals surface area contributed by atoms with Gasteiger partial charge in [0.15, 0.2) is 0 Å². The predicted octanol–water partition coefficient (Wildman–Crippen LogP) is 3.72. The Hall–Kier alpha value is -3.29. The van der Waals surface area contributed by atoms with Crippen LogP contribution in [0.25, 0.3) is 0 Å². The normalized spacial score (nSPS) is 16.1. The minimum Gasteiger partial charge on any atom is -0.464 e. The van der Waals surface area contributed by atoms with Crippen molar-refractivity contribution in [2.75, 3.05) is 4.90 Å². The SMILES string of the molecule is C[C@H](OC(=O)c1ccccc1)c1cccc2c1C(F)(F)C(=O)N2C(=O)O. The number of fused-ring (bicyclic) bond motifs is 1. The first kappa shape index (κ1) is 17.5. The lowest BCUT2D eigenvalue weighted by Crippen LogP contribution is -2.38. The second-order valence-electron chi connectivity index (χ2n) is 5.65. The molecule has 0 radical (unpaired) electrons. The van der Waals surface area contributed by atoms with Gasteiger partial charge in [-0.3, -0.25) is 4.79 Å². The fourth-order valence-electron chi connectivity index (χ4n) is 2.84. The summed E-state index contributed by atoms with van der Waals surface area (Å²) in [5, 5.41) is 9.07. The minimum atomic E-state index is -4.03. The molecule has 134 valence electrons. The molecule has 2 aromatic carbocycles. The zero-order valence-electron chi connectivity index (χ0n) is 13.5. The van der Waals surface area contributed by atoms with Crippen molar-refractivity contribution >= 4 is 23.7 Å². The Kier molecular flexibility index (Phi) is 4.19. The number of amides is 2. The van der Waals surface area contributed by atoms with Crippen LogP contribution in [0.15, 0.2) is 48.5 Å². The molecule has 0 saturated carbocycles. The summed E-state index contributed by atoms with van der Waals surface area (Å²) in [5.74, 6) is -6.61. The Bertz CT molecular complexity index is 898. The first-order chi connectivity index (χ1) is 12.2. The van der Waals surface area contributed by atoms with E-state index in [1.165, 1.54) is 31.2 Å². The molecule has 26 heavy (non-hydrogen) atoms. The summed E-state index contributed by atoms with van der Waals surface area (Å²) in [6, 6.07) is 11.7. The number of halogens is 2. The van der Waals surface area contributed by atoms with E-state index in [0.29, 0.717) is 0 Å². The summed E-state index contributed by atoms with van der Waals surface area (Å²) in [7, 11) is 0. The third kappa shape index (κ3) is 2.69. The van der Waals surface area contributed by atoms with Gasteiger partial charge in [0.1, 0.15) is 6.10 Å². The van der Waals surface area contributed by atoms with Crippen molar-refractivity contribution in [2.24, 2.45) is 0 Å². The highest BCUT2D eigenvalue weighted by Crippen LogP contribution is 2.47. The second-order valence-corrected chi connectivity index (χ2v) is 5.65. The van der Waals surface area contributed by atoms with Crippen LogP contribution in [0.4, 0.5) is 19.3 Å². The number of benzene rings is 2. The number of hydrogen-bond acceptors (Lipinski definition) is 4. The summed E-state index contributed by atoms with van der Waals surface area (Å²) in [6.45, 7) is 1.38. The van der Waals surface area contributed by atoms with Crippen LogP contribution in [0.3, 0.4) is 0 Å². The molecule has 0 fully saturated rings. The molecule has 3 rings (SSSR count). The molecule has 1 atom stereocenters. The predicted molar refractivity (Wildman–Crippen MR) is 86.1 cm³/mol. The number of alkyl halides is 2. The maximum atomic E-state index is 14.4. The average Bonchev–Trinajstić information content (AvgIpc) is 2.82. The maximum Gasteiger partial charge on any atom is 0.418 e. The van der Waals surface area contributed by atoms with Crippen molar-refractivity contribution in [1.29, 1.82) is 0 Å². The summed E-state index contributed by atoms with van der Waals surface area (Å²) in [6.07, 6.45) is -2.93. The second kappa shape index (κ2) is 6.21. The van der Waals surface area contributed by atoms with Gasteiger partial charge in [-0.1, -0.05) is 30.3 Å². The molecule has 1 heterocycles. The first-order valence-corrected chi connectivity index (χ1v) is 7.60. The number of hydrogen-bond donors (Lipinski definition) is 1. The van der Waals surface area contributed by atoms with Gasteiger partial charge in [-0.2, -0.15) is 8.78 Å². The number of carboxylic acid groups (broad SMARTS) is 1. The first-order valence-electron chi connectivity index (χ1n) is 7.60. The van der Waals surface area contributed by atoms with E-state index in [1.807, 2.05) is 0 Å². The van der Waals surface area contributed by atoms with Gasteiger partial charge in [-0.15, -0.1) is 0 Å². The van der Waals surface area contributed by atoms with Crippen LogP contribution in [-0.4, -0.2) is 23.1 Å². The van der Waals surface area contributed by atoms with Gasteiger partial charge < -0.3 is 9.84 Å². The monoisotopic (exact) mass is 361 g/mol. The summed E-state index contributed by atoms with van der Waals surface area (Å²) in [4.78, 5) is 35.2.